The van der Waals surface area contributed by atoms with Crippen LogP contribution in [0.25, 0.3) is 0 Å². The van der Waals surface area contributed by atoms with Gasteiger partial charge in [0.1, 0.15) is 5.82 Å². The lowest BCUT2D eigenvalue weighted by Gasteiger charge is -2.24. The minimum Gasteiger partial charge on any atom is -0.396 e. The Balaban J connectivity index is 2.05. The predicted molar refractivity (Wildman–Crippen MR) is 90.4 cm³/mol. The third kappa shape index (κ3) is 5.23. The first-order valence-electron chi connectivity index (χ1n) is 7.26. The fourth-order valence-corrected chi connectivity index (χ4v) is 2.37. The van der Waals surface area contributed by atoms with Crippen LogP contribution in [-0.2, 0) is 4.79 Å². The van der Waals surface area contributed by atoms with Crippen molar-refractivity contribution in [3.63, 3.8) is 0 Å². The average molecular weight is 337 g/mol. The van der Waals surface area contributed by atoms with Gasteiger partial charge in [-0.25, -0.2) is 4.39 Å². The molecule has 0 radical (unpaired) electrons. The normalized spacial score (nSPS) is 10.4. The number of rotatable bonds is 7. The van der Waals surface area contributed by atoms with E-state index in [1.54, 1.807) is 0 Å². The van der Waals surface area contributed by atoms with Crippen LogP contribution < -0.4 is 10.2 Å². The number of carbonyl (C=O) groups excluding carboxylic acids is 1. The molecule has 2 N–H and O–H groups in total. The quantitative estimate of drug-likeness (QED) is 0.815. The van der Waals surface area contributed by atoms with Crippen molar-refractivity contribution < 1.29 is 14.3 Å². The lowest BCUT2D eigenvalue weighted by Crippen LogP contribution is -2.34. The lowest BCUT2D eigenvalue weighted by atomic mass is 10.2. The summed E-state index contributed by atoms with van der Waals surface area (Å²) >= 11 is 5.91. The fourth-order valence-electron chi connectivity index (χ4n) is 2.15. The number of aliphatic hydroxyl groups is 1. The van der Waals surface area contributed by atoms with Crippen LogP contribution in [0, 0.1) is 5.82 Å². The van der Waals surface area contributed by atoms with Crippen molar-refractivity contribution in [1.82, 2.24) is 0 Å². The Kier molecular flexibility index (Phi) is 6.38. The second kappa shape index (κ2) is 8.50. The van der Waals surface area contributed by atoms with Gasteiger partial charge in [0.2, 0.25) is 5.91 Å². The molecule has 1 amide bonds. The van der Waals surface area contributed by atoms with Gasteiger partial charge in [-0.3, -0.25) is 4.79 Å². The van der Waals surface area contributed by atoms with Gasteiger partial charge in [-0.2, -0.15) is 0 Å². The summed E-state index contributed by atoms with van der Waals surface area (Å²) in [7, 11) is 0. The maximum absolute atomic E-state index is 13.0. The second-order valence-electron chi connectivity index (χ2n) is 5.01. The Labute approximate surface area is 139 Å². The SMILES string of the molecule is O=C(CN(CCCO)c1ccccc1)Nc1ccc(F)cc1Cl. The molecule has 0 aliphatic rings. The summed E-state index contributed by atoms with van der Waals surface area (Å²) in [4.78, 5) is 14.1. The second-order valence-corrected chi connectivity index (χ2v) is 5.41. The minimum absolute atomic E-state index is 0.0503. The Morgan fingerprint density at radius 2 is 1.96 bits per heavy atom. The van der Waals surface area contributed by atoms with Crippen LogP contribution in [0.3, 0.4) is 0 Å². The van der Waals surface area contributed by atoms with Crippen LogP contribution in [0.1, 0.15) is 6.42 Å². The molecule has 0 saturated heterocycles. The number of halogens is 2. The molecule has 4 nitrogen and oxygen atoms in total. The molecule has 2 aromatic carbocycles. The molecule has 0 spiro atoms. The van der Waals surface area contributed by atoms with E-state index in [0.29, 0.717) is 18.7 Å². The number of hydrogen-bond donors (Lipinski definition) is 2. The maximum atomic E-state index is 13.0. The van der Waals surface area contributed by atoms with E-state index >= 15 is 0 Å². The summed E-state index contributed by atoms with van der Waals surface area (Å²) < 4.78 is 13.0. The summed E-state index contributed by atoms with van der Waals surface area (Å²) in [6, 6.07) is 13.3. The van der Waals surface area contributed by atoms with E-state index in [-0.39, 0.29) is 24.1 Å². The Hall–Kier alpha value is -2.11. The van der Waals surface area contributed by atoms with Crippen molar-refractivity contribution in [2.75, 3.05) is 29.9 Å². The first kappa shape index (κ1) is 17.2. The van der Waals surface area contributed by atoms with Gasteiger partial charge in [-0.05, 0) is 36.8 Å². The molecule has 0 aliphatic heterocycles. The third-order valence-electron chi connectivity index (χ3n) is 3.25. The topological polar surface area (TPSA) is 52.6 Å². The summed E-state index contributed by atoms with van der Waals surface area (Å²) in [5.74, 6) is -0.720. The predicted octanol–water partition coefficient (Wildman–Crippen LogP) is 3.31. The number of hydrogen-bond acceptors (Lipinski definition) is 3. The van der Waals surface area contributed by atoms with E-state index in [1.807, 2.05) is 35.2 Å². The summed E-state index contributed by atoms with van der Waals surface area (Å²) in [5.41, 5.74) is 1.26. The van der Waals surface area contributed by atoms with Gasteiger partial charge in [0, 0.05) is 18.8 Å². The molecule has 0 heterocycles. The number of nitrogens with one attached hydrogen (secondary N) is 1. The number of benzene rings is 2. The monoisotopic (exact) mass is 336 g/mol. The number of anilines is 2. The summed E-state index contributed by atoms with van der Waals surface area (Å²) in [5, 5.41) is 11.8. The average Bonchev–Trinajstić information content (AvgIpc) is 2.55. The molecule has 0 aromatic heterocycles. The first-order chi connectivity index (χ1) is 11.1. The number of carbonyl (C=O) groups is 1. The van der Waals surface area contributed by atoms with Crippen molar-refractivity contribution in [3.8, 4) is 0 Å². The summed E-state index contributed by atoms with van der Waals surface area (Å²) in [6.07, 6.45) is 0.555. The minimum atomic E-state index is -0.457. The zero-order valence-electron chi connectivity index (χ0n) is 12.5. The van der Waals surface area contributed by atoms with Gasteiger partial charge in [0.05, 0.1) is 17.3 Å². The van der Waals surface area contributed by atoms with Gasteiger partial charge < -0.3 is 15.3 Å². The van der Waals surface area contributed by atoms with Gasteiger partial charge in [-0.1, -0.05) is 29.8 Å². The fraction of sp³-hybridized carbons (Fsp3) is 0.235. The number of amides is 1. The molecule has 0 bridgehead atoms. The van der Waals surface area contributed by atoms with Gasteiger partial charge in [0.15, 0.2) is 0 Å². The zero-order valence-corrected chi connectivity index (χ0v) is 13.3. The zero-order chi connectivity index (χ0) is 16.7. The van der Waals surface area contributed by atoms with E-state index in [4.69, 9.17) is 16.7 Å². The van der Waals surface area contributed by atoms with E-state index in [1.165, 1.54) is 12.1 Å². The standard InChI is InChI=1S/C17H18ClFN2O2/c18-15-11-13(19)7-8-16(15)20-17(23)12-21(9-4-10-22)14-5-2-1-3-6-14/h1-3,5-8,11,22H,4,9-10,12H2,(H,20,23). The first-order valence-corrected chi connectivity index (χ1v) is 7.63. The van der Waals surface area contributed by atoms with Gasteiger partial charge in [-0.15, -0.1) is 0 Å². The van der Waals surface area contributed by atoms with Crippen molar-refractivity contribution in [3.05, 3.63) is 59.4 Å². The lowest BCUT2D eigenvalue weighted by molar-refractivity contribution is -0.115. The van der Waals surface area contributed by atoms with E-state index in [0.717, 1.165) is 11.8 Å². The van der Waals surface area contributed by atoms with E-state index in [2.05, 4.69) is 5.32 Å². The van der Waals surface area contributed by atoms with Crippen LogP contribution in [0.2, 0.25) is 5.02 Å². The largest absolute Gasteiger partial charge is 0.396 e. The number of nitrogens with zero attached hydrogens (tertiary/aromatic N) is 1. The number of aliphatic hydroxyl groups excluding tert-OH is 1. The molecule has 0 aliphatic carbocycles. The highest BCUT2D eigenvalue weighted by atomic mass is 35.5. The molecule has 23 heavy (non-hydrogen) atoms. The van der Waals surface area contributed by atoms with Gasteiger partial charge in [0.25, 0.3) is 0 Å². The van der Waals surface area contributed by atoms with Crippen molar-refractivity contribution >= 4 is 28.9 Å². The summed E-state index contributed by atoms with van der Waals surface area (Å²) in [6.45, 7) is 0.706. The molecule has 6 heteroatoms. The molecule has 0 atom stereocenters. The molecular weight excluding hydrogens is 319 g/mol. The smallest absolute Gasteiger partial charge is 0.243 e. The molecular formula is C17H18ClFN2O2. The van der Waals surface area contributed by atoms with E-state index in [9.17, 15) is 9.18 Å². The third-order valence-corrected chi connectivity index (χ3v) is 3.56. The molecule has 122 valence electrons. The van der Waals surface area contributed by atoms with Crippen LogP contribution in [0.15, 0.2) is 48.5 Å². The Morgan fingerprint density at radius 1 is 1.22 bits per heavy atom. The highest BCUT2D eigenvalue weighted by molar-refractivity contribution is 6.33. The molecule has 0 unspecified atom stereocenters. The highest BCUT2D eigenvalue weighted by Crippen LogP contribution is 2.22. The Bertz CT molecular complexity index is 652. The molecule has 0 fully saturated rings. The molecule has 0 saturated carbocycles. The van der Waals surface area contributed by atoms with Crippen LogP contribution in [0.4, 0.5) is 15.8 Å². The van der Waals surface area contributed by atoms with Crippen molar-refractivity contribution in [1.29, 1.82) is 0 Å². The van der Waals surface area contributed by atoms with Crippen LogP contribution in [0.5, 0.6) is 0 Å². The van der Waals surface area contributed by atoms with Crippen molar-refractivity contribution in [2.45, 2.75) is 6.42 Å². The number of para-hydroxylation sites is 1. The van der Waals surface area contributed by atoms with Crippen molar-refractivity contribution in [2.24, 2.45) is 0 Å². The van der Waals surface area contributed by atoms with Crippen LogP contribution in [-0.4, -0.2) is 30.7 Å². The Morgan fingerprint density at radius 3 is 2.61 bits per heavy atom. The van der Waals surface area contributed by atoms with Gasteiger partial charge >= 0.3 is 0 Å². The molecule has 2 rings (SSSR count). The highest BCUT2D eigenvalue weighted by Gasteiger charge is 2.13. The maximum Gasteiger partial charge on any atom is 0.243 e. The van der Waals surface area contributed by atoms with E-state index < -0.39 is 5.82 Å². The molecule has 2 aromatic rings. The van der Waals surface area contributed by atoms with Crippen LogP contribution >= 0.6 is 11.6 Å².